The van der Waals surface area contributed by atoms with Crippen LogP contribution in [0.5, 0.6) is 11.5 Å². The molecule has 1 aromatic heterocycles. The molecule has 5 heteroatoms. The minimum Gasteiger partial charge on any atom is -0.490 e. The highest BCUT2D eigenvalue weighted by Gasteiger charge is 2.13. The Balaban J connectivity index is 2.16. The van der Waals surface area contributed by atoms with Crippen LogP contribution in [0.3, 0.4) is 0 Å². The van der Waals surface area contributed by atoms with E-state index in [1.54, 1.807) is 12.1 Å². The van der Waals surface area contributed by atoms with Crippen molar-refractivity contribution in [3.8, 4) is 11.5 Å². The van der Waals surface area contributed by atoms with Gasteiger partial charge in [-0.1, -0.05) is 6.07 Å². The fourth-order valence-electron chi connectivity index (χ4n) is 1.90. The van der Waals surface area contributed by atoms with Gasteiger partial charge >= 0.3 is 5.97 Å². The number of carbonyl (C=O) groups is 1. The number of carboxylic acid groups (broad SMARTS) is 1. The quantitative estimate of drug-likeness (QED) is 0.833. The molecule has 18 heavy (non-hydrogen) atoms. The van der Waals surface area contributed by atoms with E-state index >= 15 is 0 Å². The summed E-state index contributed by atoms with van der Waals surface area (Å²) in [5, 5.41) is 9.75. The van der Waals surface area contributed by atoms with E-state index in [0.717, 1.165) is 11.8 Å². The first-order valence-electron chi connectivity index (χ1n) is 5.68. The maximum Gasteiger partial charge on any atom is 0.354 e. The number of carboxylic acids is 1. The number of aromatic carboxylic acids is 1. The average Bonchev–Trinajstić information content (AvgIpc) is 2.59. The SMILES string of the molecule is O=C(O)c1ccc2cc3c(cc2n1)OCCCO3. The monoisotopic (exact) mass is 245 g/mol. The second-order valence-corrected chi connectivity index (χ2v) is 4.04. The van der Waals surface area contributed by atoms with Crippen LogP contribution in [0.25, 0.3) is 10.9 Å². The zero-order chi connectivity index (χ0) is 12.5. The number of fused-ring (bicyclic) bond motifs is 2. The van der Waals surface area contributed by atoms with Gasteiger partial charge in [0.1, 0.15) is 5.69 Å². The van der Waals surface area contributed by atoms with Crippen molar-refractivity contribution in [2.24, 2.45) is 0 Å². The fourth-order valence-corrected chi connectivity index (χ4v) is 1.90. The lowest BCUT2D eigenvalue weighted by atomic mass is 10.2. The summed E-state index contributed by atoms with van der Waals surface area (Å²) in [7, 11) is 0. The molecule has 0 amide bonds. The van der Waals surface area contributed by atoms with Gasteiger partial charge in [-0.2, -0.15) is 0 Å². The maximum absolute atomic E-state index is 10.9. The number of nitrogens with zero attached hydrogens (tertiary/aromatic N) is 1. The normalized spacial score (nSPS) is 14.2. The number of benzene rings is 1. The summed E-state index contributed by atoms with van der Waals surface area (Å²) in [6.45, 7) is 1.22. The molecule has 0 fully saturated rings. The standard InChI is InChI=1S/C13H11NO4/c15-13(16)9-3-2-8-6-11-12(7-10(8)14-9)18-5-1-4-17-11/h2-3,6-7H,1,4-5H2,(H,15,16). The van der Waals surface area contributed by atoms with Crippen molar-refractivity contribution in [2.75, 3.05) is 13.2 Å². The lowest BCUT2D eigenvalue weighted by molar-refractivity contribution is 0.0691. The highest BCUT2D eigenvalue weighted by atomic mass is 16.5. The number of ether oxygens (including phenoxy) is 2. The Morgan fingerprint density at radius 3 is 2.61 bits per heavy atom. The van der Waals surface area contributed by atoms with Crippen LogP contribution in [0.4, 0.5) is 0 Å². The first-order chi connectivity index (χ1) is 8.74. The van der Waals surface area contributed by atoms with Crippen LogP contribution < -0.4 is 9.47 Å². The second-order valence-electron chi connectivity index (χ2n) is 4.04. The molecule has 0 unspecified atom stereocenters. The van der Waals surface area contributed by atoms with E-state index in [2.05, 4.69) is 4.98 Å². The molecular weight excluding hydrogens is 234 g/mol. The molecule has 1 aliphatic heterocycles. The van der Waals surface area contributed by atoms with Crippen LogP contribution in [0.1, 0.15) is 16.9 Å². The van der Waals surface area contributed by atoms with Gasteiger partial charge in [-0.25, -0.2) is 9.78 Å². The van der Waals surface area contributed by atoms with E-state index in [1.165, 1.54) is 6.07 Å². The molecule has 0 radical (unpaired) electrons. The van der Waals surface area contributed by atoms with Gasteiger partial charge in [0, 0.05) is 17.9 Å². The molecule has 0 bridgehead atoms. The van der Waals surface area contributed by atoms with Gasteiger partial charge in [-0.3, -0.25) is 0 Å². The molecule has 1 aliphatic rings. The molecule has 2 heterocycles. The second kappa shape index (κ2) is 4.18. The van der Waals surface area contributed by atoms with Crippen molar-refractivity contribution < 1.29 is 19.4 Å². The van der Waals surface area contributed by atoms with Crippen molar-refractivity contribution in [3.05, 3.63) is 30.0 Å². The fraction of sp³-hybridized carbons (Fsp3) is 0.231. The minimum absolute atomic E-state index is 0.0250. The number of pyridine rings is 1. The van der Waals surface area contributed by atoms with Crippen LogP contribution in [-0.2, 0) is 0 Å². The summed E-state index contributed by atoms with van der Waals surface area (Å²) in [6, 6.07) is 6.76. The van der Waals surface area contributed by atoms with Crippen LogP contribution in [0, 0.1) is 0 Å². The Morgan fingerprint density at radius 1 is 1.17 bits per heavy atom. The Morgan fingerprint density at radius 2 is 1.89 bits per heavy atom. The predicted octanol–water partition coefficient (Wildman–Crippen LogP) is 2.09. The summed E-state index contributed by atoms with van der Waals surface area (Å²) >= 11 is 0. The Kier molecular flexibility index (Phi) is 2.51. The van der Waals surface area contributed by atoms with Crippen molar-refractivity contribution in [1.29, 1.82) is 0 Å². The molecule has 1 N–H and O–H groups in total. The van der Waals surface area contributed by atoms with Crippen LogP contribution in [0.2, 0.25) is 0 Å². The summed E-state index contributed by atoms with van der Waals surface area (Å²) in [4.78, 5) is 14.9. The summed E-state index contributed by atoms with van der Waals surface area (Å²) < 4.78 is 11.1. The van der Waals surface area contributed by atoms with Crippen LogP contribution in [-0.4, -0.2) is 29.3 Å². The first-order valence-corrected chi connectivity index (χ1v) is 5.68. The molecule has 92 valence electrons. The topological polar surface area (TPSA) is 68.7 Å². The number of hydrogen-bond donors (Lipinski definition) is 1. The van der Waals surface area contributed by atoms with Gasteiger partial charge < -0.3 is 14.6 Å². The van der Waals surface area contributed by atoms with Crippen LogP contribution in [0.15, 0.2) is 24.3 Å². The van der Waals surface area contributed by atoms with E-state index < -0.39 is 5.97 Å². The molecule has 2 aromatic rings. The molecular formula is C13H11NO4. The molecule has 0 atom stereocenters. The van der Waals surface area contributed by atoms with Crippen molar-refractivity contribution in [1.82, 2.24) is 4.98 Å². The Labute approximate surface area is 103 Å². The summed E-state index contributed by atoms with van der Waals surface area (Å²) in [5.74, 6) is 0.268. The Hall–Kier alpha value is -2.30. The average molecular weight is 245 g/mol. The van der Waals surface area contributed by atoms with Gasteiger partial charge in [-0.05, 0) is 12.1 Å². The third-order valence-corrected chi connectivity index (χ3v) is 2.78. The van der Waals surface area contributed by atoms with E-state index in [1.807, 2.05) is 6.07 Å². The van der Waals surface area contributed by atoms with Crippen LogP contribution >= 0.6 is 0 Å². The maximum atomic E-state index is 10.9. The van der Waals surface area contributed by atoms with Gasteiger partial charge in [0.2, 0.25) is 0 Å². The zero-order valence-corrected chi connectivity index (χ0v) is 9.55. The minimum atomic E-state index is -1.04. The van der Waals surface area contributed by atoms with Gasteiger partial charge in [-0.15, -0.1) is 0 Å². The summed E-state index contributed by atoms with van der Waals surface area (Å²) in [6.07, 6.45) is 0.832. The largest absolute Gasteiger partial charge is 0.490 e. The zero-order valence-electron chi connectivity index (χ0n) is 9.55. The number of rotatable bonds is 1. The molecule has 5 nitrogen and oxygen atoms in total. The van der Waals surface area contributed by atoms with E-state index in [0.29, 0.717) is 30.2 Å². The molecule has 3 rings (SSSR count). The lowest BCUT2D eigenvalue weighted by Gasteiger charge is -2.08. The van der Waals surface area contributed by atoms with E-state index in [4.69, 9.17) is 14.6 Å². The van der Waals surface area contributed by atoms with Gasteiger partial charge in [0.15, 0.2) is 11.5 Å². The molecule has 0 saturated carbocycles. The molecule has 0 aliphatic carbocycles. The molecule has 0 spiro atoms. The first kappa shape index (κ1) is 10.8. The number of aromatic nitrogens is 1. The predicted molar refractivity (Wildman–Crippen MR) is 64.3 cm³/mol. The van der Waals surface area contributed by atoms with E-state index in [9.17, 15) is 4.79 Å². The van der Waals surface area contributed by atoms with Crippen molar-refractivity contribution >= 4 is 16.9 Å². The smallest absolute Gasteiger partial charge is 0.354 e. The molecule has 1 aromatic carbocycles. The highest BCUT2D eigenvalue weighted by Crippen LogP contribution is 2.33. The third kappa shape index (κ3) is 1.84. The van der Waals surface area contributed by atoms with Gasteiger partial charge in [0.05, 0.1) is 18.7 Å². The highest BCUT2D eigenvalue weighted by molar-refractivity contribution is 5.90. The third-order valence-electron chi connectivity index (χ3n) is 2.78. The van der Waals surface area contributed by atoms with Gasteiger partial charge in [0.25, 0.3) is 0 Å². The number of hydrogen-bond acceptors (Lipinski definition) is 4. The van der Waals surface area contributed by atoms with Crippen molar-refractivity contribution in [3.63, 3.8) is 0 Å². The van der Waals surface area contributed by atoms with Crippen molar-refractivity contribution in [2.45, 2.75) is 6.42 Å². The molecule has 0 saturated heterocycles. The lowest BCUT2D eigenvalue weighted by Crippen LogP contribution is -2.00. The van der Waals surface area contributed by atoms with E-state index in [-0.39, 0.29) is 5.69 Å². The summed E-state index contributed by atoms with van der Waals surface area (Å²) in [5.41, 5.74) is 0.621. The Bertz CT molecular complexity index is 624.